The first kappa shape index (κ1) is 10.5. The van der Waals surface area contributed by atoms with E-state index in [2.05, 4.69) is 58.1 Å². The molecule has 0 amide bonds. The van der Waals surface area contributed by atoms with Gasteiger partial charge in [-0.1, -0.05) is 46.8 Å². The van der Waals surface area contributed by atoms with Crippen LogP contribution in [-0.4, -0.2) is 6.54 Å². The number of benzene rings is 1. The zero-order chi connectivity index (χ0) is 11.3. The second-order valence-corrected chi connectivity index (χ2v) is 6.22. The number of hydrogen-bond donors (Lipinski definition) is 1. The van der Waals surface area contributed by atoms with Gasteiger partial charge in [-0.3, -0.25) is 0 Å². The van der Waals surface area contributed by atoms with Crippen LogP contribution in [0.15, 0.2) is 18.2 Å². The van der Waals surface area contributed by atoms with Gasteiger partial charge in [0.05, 0.1) is 0 Å². The first-order valence-corrected chi connectivity index (χ1v) is 5.70. The molecule has 1 heteroatoms. The summed E-state index contributed by atoms with van der Waals surface area (Å²) in [5, 5.41) is 3.50. The third-order valence-corrected chi connectivity index (χ3v) is 3.27. The molecule has 2 rings (SSSR count). The van der Waals surface area contributed by atoms with Gasteiger partial charge in [0.1, 0.15) is 0 Å². The second kappa shape index (κ2) is 3.01. The highest BCUT2D eigenvalue weighted by atomic mass is 14.9. The van der Waals surface area contributed by atoms with E-state index in [0.29, 0.717) is 0 Å². The largest absolute Gasteiger partial charge is 0.384 e. The minimum atomic E-state index is 0.231. The molecule has 0 saturated heterocycles. The molecule has 1 aliphatic rings. The van der Waals surface area contributed by atoms with Crippen LogP contribution in [0.4, 0.5) is 5.69 Å². The maximum Gasteiger partial charge on any atom is 0.0382 e. The summed E-state index contributed by atoms with van der Waals surface area (Å²) in [7, 11) is 0. The van der Waals surface area contributed by atoms with Gasteiger partial charge in [-0.15, -0.1) is 0 Å². The van der Waals surface area contributed by atoms with Crippen molar-refractivity contribution in [2.75, 3.05) is 11.9 Å². The summed E-state index contributed by atoms with van der Waals surface area (Å²) in [5.74, 6) is 0. The van der Waals surface area contributed by atoms with Gasteiger partial charge in [0.2, 0.25) is 0 Å². The first-order chi connectivity index (χ1) is 6.82. The molecule has 15 heavy (non-hydrogen) atoms. The lowest BCUT2D eigenvalue weighted by molar-refractivity contribution is 0.533. The van der Waals surface area contributed by atoms with E-state index in [1.165, 1.54) is 16.8 Å². The van der Waals surface area contributed by atoms with Crippen LogP contribution in [0.25, 0.3) is 0 Å². The van der Waals surface area contributed by atoms with Crippen molar-refractivity contribution in [2.24, 2.45) is 0 Å². The van der Waals surface area contributed by atoms with Crippen molar-refractivity contribution in [3.05, 3.63) is 29.3 Å². The molecule has 1 aromatic carbocycles. The van der Waals surface area contributed by atoms with E-state index in [9.17, 15) is 0 Å². The molecule has 82 valence electrons. The minimum Gasteiger partial charge on any atom is -0.384 e. The maximum atomic E-state index is 3.50. The molecule has 0 radical (unpaired) electrons. The summed E-state index contributed by atoms with van der Waals surface area (Å²) in [6.45, 7) is 12.6. The molecule has 1 nitrogen and oxygen atoms in total. The summed E-state index contributed by atoms with van der Waals surface area (Å²) < 4.78 is 0. The highest BCUT2D eigenvalue weighted by Gasteiger charge is 2.34. The number of rotatable bonds is 0. The zero-order valence-electron chi connectivity index (χ0n) is 10.4. The number of hydrogen-bond acceptors (Lipinski definition) is 1. The van der Waals surface area contributed by atoms with Crippen molar-refractivity contribution in [3.8, 4) is 0 Å². The Labute approximate surface area is 92.9 Å². The molecule has 0 unspecified atom stereocenters. The monoisotopic (exact) mass is 203 g/mol. The number of fused-ring (bicyclic) bond motifs is 1. The smallest absolute Gasteiger partial charge is 0.0382 e. The summed E-state index contributed by atoms with van der Waals surface area (Å²) in [6, 6.07) is 6.63. The molecule has 1 N–H and O–H groups in total. The molecule has 0 fully saturated rings. The van der Waals surface area contributed by atoms with Crippen LogP contribution in [0.3, 0.4) is 0 Å². The summed E-state index contributed by atoms with van der Waals surface area (Å²) in [6.07, 6.45) is 0. The van der Waals surface area contributed by atoms with Gasteiger partial charge in [0.15, 0.2) is 0 Å². The molecular formula is C14H21N. The lowest BCUT2D eigenvalue weighted by Crippen LogP contribution is -2.24. The molecule has 1 aromatic rings. The van der Waals surface area contributed by atoms with Crippen molar-refractivity contribution in [2.45, 2.75) is 45.4 Å². The Morgan fingerprint density at radius 3 is 2.47 bits per heavy atom. The van der Waals surface area contributed by atoms with E-state index in [0.717, 1.165) is 6.54 Å². The van der Waals surface area contributed by atoms with Gasteiger partial charge in [-0.2, -0.15) is 0 Å². The standard InChI is InChI=1S/C14H21N/c1-13(2,3)10-7-6-8-11-12(10)14(4,5)9-15-11/h6-8,15H,9H2,1-5H3. The van der Waals surface area contributed by atoms with Crippen molar-refractivity contribution in [1.82, 2.24) is 0 Å². The van der Waals surface area contributed by atoms with E-state index in [-0.39, 0.29) is 10.8 Å². The summed E-state index contributed by atoms with van der Waals surface area (Å²) >= 11 is 0. The first-order valence-electron chi connectivity index (χ1n) is 5.70. The predicted molar refractivity (Wildman–Crippen MR) is 66.7 cm³/mol. The molecule has 0 spiro atoms. The Bertz CT molecular complexity index is 383. The summed E-state index contributed by atoms with van der Waals surface area (Å²) in [4.78, 5) is 0. The Kier molecular flexibility index (Phi) is 2.11. The fourth-order valence-corrected chi connectivity index (χ4v) is 2.46. The third kappa shape index (κ3) is 1.64. The molecule has 0 bridgehead atoms. The van der Waals surface area contributed by atoms with Gasteiger partial charge < -0.3 is 5.32 Å². The predicted octanol–water partition coefficient (Wildman–Crippen LogP) is 3.69. The SMILES string of the molecule is CC(C)(C)c1cccc2c1C(C)(C)CN2. The highest BCUT2D eigenvalue weighted by molar-refractivity contribution is 5.64. The lowest BCUT2D eigenvalue weighted by Gasteiger charge is -2.28. The van der Waals surface area contributed by atoms with E-state index >= 15 is 0 Å². The second-order valence-electron chi connectivity index (χ2n) is 6.22. The third-order valence-electron chi connectivity index (χ3n) is 3.27. The molecular weight excluding hydrogens is 182 g/mol. The quantitative estimate of drug-likeness (QED) is 0.678. The average molecular weight is 203 g/mol. The Morgan fingerprint density at radius 1 is 1.20 bits per heavy atom. The number of nitrogens with one attached hydrogen (secondary N) is 1. The Morgan fingerprint density at radius 2 is 1.87 bits per heavy atom. The van der Waals surface area contributed by atoms with Crippen LogP contribution in [0.5, 0.6) is 0 Å². The van der Waals surface area contributed by atoms with Gasteiger partial charge in [0, 0.05) is 17.6 Å². The fourth-order valence-electron chi connectivity index (χ4n) is 2.46. The minimum absolute atomic E-state index is 0.231. The van der Waals surface area contributed by atoms with E-state index in [1.54, 1.807) is 0 Å². The lowest BCUT2D eigenvalue weighted by atomic mass is 9.75. The molecule has 1 aliphatic heterocycles. The van der Waals surface area contributed by atoms with E-state index in [4.69, 9.17) is 0 Å². The van der Waals surface area contributed by atoms with Crippen LogP contribution >= 0.6 is 0 Å². The van der Waals surface area contributed by atoms with Gasteiger partial charge >= 0.3 is 0 Å². The topological polar surface area (TPSA) is 12.0 Å². The summed E-state index contributed by atoms with van der Waals surface area (Å²) in [5.41, 5.74) is 4.81. The maximum absolute atomic E-state index is 3.50. The molecule has 0 atom stereocenters. The van der Waals surface area contributed by atoms with Crippen molar-refractivity contribution in [3.63, 3.8) is 0 Å². The molecule has 0 saturated carbocycles. The molecule has 0 aromatic heterocycles. The van der Waals surface area contributed by atoms with Crippen LogP contribution in [0.2, 0.25) is 0 Å². The molecule has 0 aliphatic carbocycles. The van der Waals surface area contributed by atoms with Gasteiger partial charge in [-0.25, -0.2) is 0 Å². The molecule has 1 heterocycles. The van der Waals surface area contributed by atoms with Crippen LogP contribution in [0, 0.1) is 0 Å². The fraction of sp³-hybridized carbons (Fsp3) is 0.571. The van der Waals surface area contributed by atoms with Crippen molar-refractivity contribution >= 4 is 5.69 Å². The van der Waals surface area contributed by atoms with E-state index < -0.39 is 0 Å². The number of anilines is 1. The normalized spacial score (nSPS) is 18.5. The van der Waals surface area contributed by atoms with Crippen molar-refractivity contribution in [1.29, 1.82) is 0 Å². The van der Waals surface area contributed by atoms with Gasteiger partial charge in [-0.05, 0) is 22.6 Å². The zero-order valence-corrected chi connectivity index (χ0v) is 10.4. The Balaban J connectivity index is 2.65. The Hall–Kier alpha value is -0.980. The van der Waals surface area contributed by atoms with Crippen molar-refractivity contribution < 1.29 is 0 Å². The highest BCUT2D eigenvalue weighted by Crippen LogP contribution is 2.42. The van der Waals surface area contributed by atoms with E-state index in [1.807, 2.05) is 0 Å². The average Bonchev–Trinajstić information content (AvgIpc) is 2.41. The van der Waals surface area contributed by atoms with Gasteiger partial charge in [0.25, 0.3) is 0 Å². The van der Waals surface area contributed by atoms with Crippen LogP contribution in [-0.2, 0) is 10.8 Å². The van der Waals surface area contributed by atoms with Crippen LogP contribution < -0.4 is 5.32 Å². The van der Waals surface area contributed by atoms with Crippen LogP contribution in [0.1, 0.15) is 45.7 Å².